The average molecular weight is 480 g/mol. The molecule has 1 aromatic carbocycles. The van der Waals surface area contributed by atoms with Crippen molar-refractivity contribution in [2.45, 2.75) is 25.7 Å². The number of aromatic nitrogens is 4. The topological polar surface area (TPSA) is 113 Å². The van der Waals surface area contributed by atoms with Crippen LogP contribution in [0.25, 0.3) is 0 Å². The number of hydrogen-bond acceptors (Lipinski definition) is 6. The van der Waals surface area contributed by atoms with E-state index in [0.717, 1.165) is 17.0 Å². The minimum absolute atomic E-state index is 0.103. The van der Waals surface area contributed by atoms with E-state index in [1.807, 2.05) is 7.05 Å². The van der Waals surface area contributed by atoms with Gasteiger partial charge in [-0.1, -0.05) is 12.1 Å². The molecule has 9 nitrogen and oxygen atoms in total. The van der Waals surface area contributed by atoms with Crippen LogP contribution in [0.3, 0.4) is 0 Å². The van der Waals surface area contributed by atoms with E-state index in [-0.39, 0.29) is 11.5 Å². The third kappa shape index (κ3) is 5.85. The molecule has 13 heteroatoms. The van der Waals surface area contributed by atoms with E-state index in [9.17, 15) is 22.4 Å². The summed E-state index contributed by atoms with van der Waals surface area (Å²) in [7, 11) is 1.86. The molecule has 3 aromatic rings. The smallest absolute Gasteiger partial charge is 0.475 e. The number of hydrogen-bond donors (Lipinski definition) is 2. The van der Waals surface area contributed by atoms with Crippen molar-refractivity contribution in [3.63, 3.8) is 0 Å². The van der Waals surface area contributed by atoms with Crippen molar-refractivity contribution in [3.8, 4) is 0 Å². The van der Waals surface area contributed by atoms with Gasteiger partial charge in [0.15, 0.2) is 0 Å². The van der Waals surface area contributed by atoms with Crippen LogP contribution >= 0.6 is 0 Å². The number of rotatable bonds is 4. The Morgan fingerprint density at radius 2 is 1.79 bits per heavy atom. The first kappa shape index (κ1) is 24.6. The molecule has 0 fully saturated rings. The second-order valence-corrected chi connectivity index (χ2v) is 7.18. The number of aliphatic carboxylic acids is 1. The van der Waals surface area contributed by atoms with Crippen LogP contribution in [0.15, 0.2) is 42.7 Å². The predicted molar refractivity (Wildman–Crippen MR) is 111 cm³/mol. The highest BCUT2D eigenvalue weighted by Crippen LogP contribution is 2.24. The number of benzene rings is 1. The number of carbonyl (C=O) groups is 2. The van der Waals surface area contributed by atoms with Gasteiger partial charge in [-0.05, 0) is 24.6 Å². The zero-order valence-corrected chi connectivity index (χ0v) is 17.9. The molecule has 0 unspecified atom stereocenters. The Kier molecular flexibility index (Phi) is 7.44. The third-order valence-electron chi connectivity index (χ3n) is 4.94. The molecule has 0 radical (unpaired) electrons. The lowest BCUT2D eigenvalue weighted by Crippen LogP contribution is -2.37. The molecule has 1 amide bonds. The fraction of sp³-hybridized carbons (Fsp3) is 0.286. The highest BCUT2D eigenvalue weighted by Gasteiger charge is 2.38. The number of fused-ring (bicyclic) bond motifs is 1. The van der Waals surface area contributed by atoms with Gasteiger partial charge in [0.05, 0.1) is 30.0 Å². The van der Waals surface area contributed by atoms with Crippen LogP contribution in [0.4, 0.5) is 23.5 Å². The summed E-state index contributed by atoms with van der Waals surface area (Å²) >= 11 is 0. The molecule has 0 saturated carbocycles. The first-order chi connectivity index (χ1) is 16.1. The first-order valence-corrected chi connectivity index (χ1v) is 9.96. The summed E-state index contributed by atoms with van der Waals surface area (Å²) in [5.41, 5.74) is 3.11. The largest absolute Gasteiger partial charge is 0.490 e. The Morgan fingerprint density at radius 1 is 1.15 bits per heavy atom. The number of amides is 1. The van der Waals surface area contributed by atoms with Gasteiger partial charge in [-0.2, -0.15) is 18.3 Å². The molecule has 1 aliphatic rings. The van der Waals surface area contributed by atoms with Gasteiger partial charge in [-0.25, -0.2) is 19.2 Å². The van der Waals surface area contributed by atoms with Gasteiger partial charge in [0.2, 0.25) is 5.95 Å². The maximum Gasteiger partial charge on any atom is 0.490 e. The van der Waals surface area contributed by atoms with E-state index in [1.165, 1.54) is 12.1 Å². The van der Waals surface area contributed by atoms with Crippen molar-refractivity contribution < 1.29 is 32.3 Å². The minimum Gasteiger partial charge on any atom is -0.475 e. The van der Waals surface area contributed by atoms with Gasteiger partial charge >= 0.3 is 12.1 Å². The standard InChI is InChI=1S/C19H19FN6O.C2HF3O2/c1-25-17-12-26(18(27)13-5-2-3-6-15(13)20)10-7-14(17)16(24-25)11-23-19-21-8-4-9-22-19;3-2(4,5)1(6)7/h2-6,8-9H,7,10-12H2,1H3,(H,21,22,23);(H,6,7). The van der Waals surface area contributed by atoms with Crippen LogP contribution < -0.4 is 5.32 Å². The highest BCUT2D eigenvalue weighted by molar-refractivity contribution is 5.94. The molecule has 0 saturated heterocycles. The molecule has 3 heterocycles. The number of anilines is 1. The third-order valence-corrected chi connectivity index (χ3v) is 4.94. The van der Waals surface area contributed by atoms with Crippen molar-refractivity contribution in [3.05, 3.63) is 71.1 Å². The SMILES string of the molecule is Cn1nc(CNc2ncccn2)c2c1CN(C(=O)c1ccccc1F)CC2.O=C(O)C(F)(F)F. The van der Waals surface area contributed by atoms with E-state index >= 15 is 0 Å². The summed E-state index contributed by atoms with van der Waals surface area (Å²) in [5, 5.41) is 14.9. The van der Waals surface area contributed by atoms with Crippen LogP contribution in [0.5, 0.6) is 0 Å². The van der Waals surface area contributed by atoms with Gasteiger partial charge in [0.25, 0.3) is 5.91 Å². The van der Waals surface area contributed by atoms with Crippen LogP contribution in [-0.2, 0) is 31.4 Å². The van der Waals surface area contributed by atoms with Crippen molar-refractivity contribution in [2.24, 2.45) is 7.05 Å². The second-order valence-electron chi connectivity index (χ2n) is 7.18. The number of carbonyl (C=O) groups excluding carboxylic acids is 1. The molecule has 34 heavy (non-hydrogen) atoms. The maximum absolute atomic E-state index is 14.0. The summed E-state index contributed by atoms with van der Waals surface area (Å²) in [4.78, 5) is 31.5. The van der Waals surface area contributed by atoms with Gasteiger partial charge in [-0.3, -0.25) is 9.48 Å². The van der Waals surface area contributed by atoms with Crippen LogP contribution in [0.1, 0.15) is 27.3 Å². The van der Waals surface area contributed by atoms with E-state index in [0.29, 0.717) is 32.0 Å². The zero-order chi connectivity index (χ0) is 24.9. The number of aryl methyl sites for hydroxylation is 1. The van der Waals surface area contributed by atoms with Gasteiger partial charge in [0.1, 0.15) is 5.82 Å². The van der Waals surface area contributed by atoms with E-state index in [4.69, 9.17) is 9.90 Å². The maximum atomic E-state index is 14.0. The number of alkyl halides is 3. The normalized spacial score (nSPS) is 12.9. The fourth-order valence-corrected chi connectivity index (χ4v) is 3.33. The summed E-state index contributed by atoms with van der Waals surface area (Å²) in [6.07, 6.45) is -1.05. The minimum atomic E-state index is -5.08. The van der Waals surface area contributed by atoms with Crippen molar-refractivity contribution in [1.29, 1.82) is 0 Å². The number of halogens is 4. The molecule has 0 atom stereocenters. The van der Waals surface area contributed by atoms with Crippen LogP contribution in [0.2, 0.25) is 0 Å². The number of carboxylic acids is 1. The number of carboxylic acid groups (broad SMARTS) is 1. The molecular formula is C21H20F4N6O3. The van der Waals surface area contributed by atoms with Crippen LogP contribution in [-0.4, -0.2) is 54.4 Å². The number of nitrogens with zero attached hydrogens (tertiary/aromatic N) is 5. The summed E-state index contributed by atoms with van der Waals surface area (Å²) in [5.74, 6) is -3.00. The van der Waals surface area contributed by atoms with Gasteiger partial charge in [0, 0.05) is 31.5 Å². The van der Waals surface area contributed by atoms with Gasteiger partial charge < -0.3 is 15.3 Å². The Bertz CT molecular complexity index is 1170. The molecule has 2 aromatic heterocycles. The molecular weight excluding hydrogens is 460 g/mol. The molecule has 4 rings (SSSR count). The van der Waals surface area contributed by atoms with E-state index < -0.39 is 18.0 Å². The summed E-state index contributed by atoms with van der Waals surface area (Å²) < 4.78 is 47.5. The quantitative estimate of drug-likeness (QED) is 0.552. The Hall–Kier alpha value is -4.03. The summed E-state index contributed by atoms with van der Waals surface area (Å²) in [6, 6.07) is 7.84. The molecule has 0 aliphatic carbocycles. The van der Waals surface area contributed by atoms with E-state index in [2.05, 4.69) is 20.4 Å². The lowest BCUT2D eigenvalue weighted by molar-refractivity contribution is -0.192. The lowest BCUT2D eigenvalue weighted by Gasteiger charge is -2.28. The number of nitrogens with one attached hydrogen (secondary N) is 1. The summed E-state index contributed by atoms with van der Waals surface area (Å²) in [6.45, 7) is 1.45. The van der Waals surface area contributed by atoms with Gasteiger partial charge in [-0.15, -0.1) is 0 Å². The van der Waals surface area contributed by atoms with Crippen molar-refractivity contribution >= 4 is 17.8 Å². The molecule has 1 aliphatic heterocycles. The zero-order valence-electron chi connectivity index (χ0n) is 17.9. The first-order valence-electron chi connectivity index (χ1n) is 9.96. The van der Waals surface area contributed by atoms with Crippen LogP contribution in [0, 0.1) is 5.82 Å². The van der Waals surface area contributed by atoms with E-state index in [1.54, 1.807) is 40.2 Å². The highest BCUT2D eigenvalue weighted by atomic mass is 19.4. The average Bonchev–Trinajstić information content (AvgIpc) is 3.13. The Balaban J connectivity index is 0.000000406. The monoisotopic (exact) mass is 480 g/mol. The fourth-order valence-electron chi connectivity index (χ4n) is 3.33. The molecule has 2 N–H and O–H groups in total. The van der Waals surface area contributed by atoms with Crippen molar-refractivity contribution in [2.75, 3.05) is 11.9 Å². The molecule has 0 bridgehead atoms. The lowest BCUT2D eigenvalue weighted by atomic mass is 10.0. The van der Waals surface area contributed by atoms with Crippen molar-refractivity contribution in [1.82, 2.24) is 24.6 Å². The predicted octanol–water partition coefficient (Wildman–Crippen LogP) is 2.79. The Labute approximate surface area is 191 Å². The molecule has 0 spiro atoms. The Morgan fingerprint density at radius 3 is 2.41 bits per heavy atom. The second kappa shape index (κ2) is 10.3. The molecule has 180 valence electrons.